The number of rotatable bonds is 8. The van der Waals surface area contributed by atoms with Crippen LogP contribution in [0.25, 0.3) is 0 Å². The Balaban J connectivity index is 1.99. The van der Waals surface area contributed by atoms with Crippen molar-refractivity contribution in [2.45, 2.75) is 26.5 Å². The molecule has 0 aromatic heterocycles. The highest BCUT2D eigenvalue weighted by molar-refractivity contribution is 5.90. The number of benzene rings is 2. The minimum Gasteiger partial charge on any atom is -0.493 e. The van der Waals surface area contributed by atoms with Crippen LogP contribution >= 0.6 is 0 Å². The Morgan fingerprint density at radius 1 is 1.11 bits per heavy atom. The van der Waals surface area contributed by atoms with Gasteiger partial charge >= 0.3 is 5.97 Å². The van der Waals surface area contributed by atoms with E-state index in [4.69, 9.17) is 14.2 Å². The summed E-state index contributed by atoms with van der Waals surface area (Å²) in [5, 5.41) is 2.71. The summed E-state index contributed by atoms with van der Waals surface area (Å²) in [5.74, 6) is -0.605. The van der Waals surface area contributed by atoms with E-state index in [-0.39, 0.29) is 30.7 Å². The maximum absolute atomic E-state index is 13.2. The van der Waals surface area contributed by atoms with Crippen molar-refractivity contribution in [3.05, 3.63) is 59.4 Å². The van der Waals surface area contributed by atoms with Gasteiger partial charge in [-0.3, -0.25) is 4.79 Å². The second-order valence-electron chi connectivity index (χ2n) is 6.08. The molecule has 1 N–H and O–H groups in total. The number of amides is 1. The van der Waals surface area contributed by atoms with Crippen LogP contribution in [0.15, 0.2) is 42.5 Å². The first-order valence-electron chi connectivity index (χ1n) is 8.41. The van der Waals surface area contributed by atoms with Crippen LogP contribution in [0.1, 0.15) is 29.8 Å². The molecular weight excluding hydrogens is 353 g/mol. The van der Waals surface area contributed by atoms with Crippen LogP contribution in [0, 0.1) is 5.82 Å². The largest absolute Gasteiger partial charge is 0.493 e. The Kier molecular flexibility index (Phi) is 7.16. The summed E-state index contributed by atoms with van der Waals surface area (Å²) in [4.78, 5) is 23.9. The normalized spacial score (nSPS) is 10.4. The van der Waals surface area contributed by atoms with Crippen molar-refractivity contribution < 1.29 is 28.2 Å². The van der Waals surface area contributed by atoms with Gasteiger partial charge in [0.15, 0.2) is 18.1 Å². The second kappa shape index (κ2) is 9.56. The zero-order valence-electron chi connectivity index (χ0n) is 15.5. The molecule has 27 heavy (non-hydrogen) atoms. The van der Waals surface area contributed by atoms with E-state index in [1.54, 1.807) is 12.1 Å². The fraction of sp³-hybridized carbons (Fsp3) is 0.300. The molecular formula is C20H22FNO5. The smallest absolute Gasteiger partial charge is 0.338 e. The SMILES string of the molecule is COc1cc(C(=O)OCc2cccc(F)c2)ccc1OCC(=O)NC(C)C. The molecule has 0 fully saturated rings. The molecule has 1 amide bonds. The molecule has 0 saturated carbocycles. The molecule has 2 aromatic carbocycles. The monoisotopic (exact) mass is 375 g/mol. The molecule has 2 aromatic rings. The van der Waals surface area contributed by atoms with Gasteiger partial charge in [-0.25, -0.2) is 9.18 Å². The molecule has 0 spiro atoms. The molecule has 7 heteroatoms. The van der Waals surface area contributed by atoms with E-state index in [2.05, 4.69) is 5.32 Å². The lowest BCUT2D eigenvalue weighted by Gasteiger charge is -2.13. The van der Waals surface area contributed by atoms with E-state index in [0.717, 1.165) is 0 Å². The fourth-order valence-corrected chi connectivity index (χ4v) is 2.28. The number of methoxy groups -OCH3 is 1. The third-order valence-corrected chi connectivity index (χ3v) is 3.47. The van der Waals surface area contributed by atoms with Crippen LogP contribution in [0.5, 0.6) is 11.5 Å². The zero-order valence-corrected chi connectivity index (χ0v) is 15.5. The van der Waals surface area contributed by atoms with E-state index < -0.39 is 11.8 Å². The van der Waals surface area contributed by atoms with Gasteiger partial charge in [0.25, 0.3) is 5.91 Å². The van der Waals surface area contributed by atoms with Crippen molar-refractivity contribution in [2.24, 2.45) is 0 Å². The minimum absolute atomic E-state index is 0.0123. The lowest BCUT2D eigenvalue weighted by atomic mass is 10.2. The van der Waals surface area contributed by atoms with E-state index in [1.165, 1.54) is 37.4 Å². The van der Waals surface area contributed by atoms with Crippen molar-refractivity contribution in [2.75, 3.05) is 13.7 Å². The van der Waals surface area contributed by atoms with Gasteiger partial charge in [0.05, 0.1) is 12.7 Å². The third-order valence-electron chi connectivity index (χ3n) is 3.47. The minimum atomic E-state index is -0.582. The number of hydrogen-bond acceptors (Lipinski definition) is 5. The molecule has 0 atom stereocenters. The second-order valence-corrected chi connectivity index (χ2v) is 6.08. The maximum Gasteiger partial charge on any atom is 0.338 e. The van der Waals surface area contributed by atoms with Crippen LogP contribution in [0.2, 0.25) is 0 Å². The summed E-state index contributed by atoms with van der Waals surface area (Å²) in [6, 6.07) is 10.3. The van der Waals surface area contributed by atoms with Gasteiger partial charge in [0.2, 0.25) is 0 Å². The van der Waals surface area contributed by atoms with Crippen LogP contribution in [-0.4, -0.2) is 31.6 Å². The molecule has 6 nitrogen and oxygen atoms in total. The van der Waals surface area contributed by atoms with Gasteiger partial charge in [-0.2, -0.15) is 0 Å². The molecule has 0 unspecified atom stereocenters. The van der Waals surface area contributed by atoms with Crippen LogP contribution < -0.4 is 14.8 Å². The van der Waals surface area contributed by atoms with E-state index in [9.17, 15) is 14.0 Å². The Bertz CT molecular complexity index is 807. The highest BCUT2D eigenvalue weighted by Crippen LogP contribution is 2.28. The Hall–Kier alpha value is -3.09. The standard InChI is InChI=1S/C20H22FNO5/c1-13(2)22-19(23)12-26-17-8-7-15(10-18(17)25-3)20(24)27-11-14-5-4-6-16(21)9-14/h4-10,13H,11-12H2,1-3H3,(H,22,23). The van der Waals surface area contributed by atoms with Crippen molar-refractivity contribution >= 4 is 11.9 Å². The summed E-state index contributed by atoms with van der Waals surface area (Å²) in [6.45, 7) is 3.48. The first-order chi connectivity index (χ1) is 12.9. The fourth-order valence-electron chi connectivity index (χ4n) is 2.28. The Morgan fingerprint density at radius 3 is 2.56 bits per heavy atom. The summed E-state index contributed by atoms with van der Waals surface area (Å²) in [6.07, 6.45) is 0. The third kappa shape index (κ3) is 6.29. The number of carbonyl (C=O) groups excluding carboxylic acids is 2. The topological polar surface area (TPSA) is 73.9 Å². The van der Waals surface area contributed by atoms with Gasteiger partial charge in [-0.05, 0) is 49.7 Å². The van der Waals surface area contributed by atoms with E-state index >= 15 is 0 Å². The maximum atomic E-state index is 13.2. The van der Waals surface area contributed by atoms with Crippen molar-refractivity contribution in [3.63, 3.8) is 0 Å². The lowest BCUT2D eigenvalue weighted by Crippen LogP contribution is -2.34. The number of carbonyl (C=O) groups is 2. The predicted octanol–water partition coefficient (Wildman–Crippen LogP) is 3.09. The number of halogens is 1. The first-order valence-corrected chi connectivity index (χ1v) is 8.41. The number of ether oxygens (including phenoxy) is 3. The molecule has 0 radical (unpaired) electrons. The highest BCUT2D eigenvalue weighted by Gasteiger charge is 2.14. The lowest BCUT2D eigenvalue weighted by molar-refractivity contribution is -0.123. The molecule has 0 heterocycles. The van der Waals surface area contributed by atoms with Gasteiger partial charge in [0.1, 0.15) is 12.4 Å². The molecule has 0 saturated heterocycles. The van der Waals surface area contributed by atoms with Gasteiger partial charge in [-0.1, -0.05) is 12.1 Å². The number of nitrogens with one attached hydrogen (secondary N) is 1. The molecule has 144 valence electrons. The van der Waals surface area contributed by atoms with Crippen molar-refractivity contribution in [1.82, 2.24) is 5.32 Å². The van der Waals surface area contributed by atoms with Crippen LogP contribution in [0.3, 0.4) is 0 Å². The van der Waals surface area contributed by atoms with Gasteiger partial charge < -0.3 is 19.5 Å². The van der Waals surface area contributed by atoms with Crippen LogP contribution in [0.4, 0.5) is 4.39 Å². The Labute approximate surface area is 157 Å². The molecule has 0 aliphatic heterocycles. The Morgan fingerprint density at radius 2 is 1.89 bits per heavy atom. The van der Waals surface area contributed by atoms with E-state index in [0.29, 0.717) is 17.1 Å². The van der Waals surface area contributed by atoms with Gasteiger partial charge in [-0.15, -0.1) is 0 Å². The summed E-state index contributed by atoms with van der Waals surface area (Å²) in [7, 11) is 1.43. The van der Waals surface area contributed by atoms with E-state index in [1.807, 2.05) is 13.8 Å². The zero-order chi connectivity index (χ0) is 19.8. The summed E-state index contributed by atoms with van der Waals surface area (Å²) < 4.78 is 29.0. The quantitative estimate of drug-likeness (QED) is 0.718. The molecule has 0 aliphatic carbocycles. The average Bonchev–Trinajstić information content (AvgIpc) is 2.63. The van der Waals surface area contributed by atoms with Crippen molar-refractivity contribution in [1.29, 1.82) is 0 Å². The highest BCUT2D eigenvalue weighted by atomic mass is 19.1. The predicted molar refractivity (Wildman–Crippen MR) is 97.3 cm³/mol. The number of esters is 1. The molecule has 0 aliphatic rings. The molecule has 2 rings (SSSR count). The number of hydrogen-bond donors (Lipinski definition) is 1. The summed E-state index contributed by atoms with van der Waals surface area (Å²) in [5.41, 5.74) is 0.800. The molecule has 0 bridgehead atoms. The van der Waals surface area contributed by atoms with Crippen LogP contribution in [-0.2, 0) is 16.1 Å². The first kappa shape index (κ1) is 20.2. The van der Waals surface area contributed by atoms with Crippen molar-refractivity contribution in [3.8, 4) is 11.5 Å². The average molecular weight is 375 g/mol. The van der Waals surface area contributed by atoms with Gasteiger partial charge in [0, 0.05) is 6.04 Å². The summed E-state index contributed by atoms with van der Waals surface area (Å²) >= 11 is 0.